The zero-order valence-electron chi connectivity index (χ0n) is 9.59. The average Bonchev–Trinajstić information content (AvgIpc) is 2.87. The van der Waals surface area contributed by atoms with Gasteiger partial charge in [-0.2, -0.15) is 13.2 Å². The van der Waals surface area contributed by atoms with E-state index in [1.165, 1.54) is 11.8 Å². The topological polar surface area (TPSA) is 33.1 Å². The zero-order valence-corrected chi connectivity index (χ0v) is 11.2. The highest BCUT2D eigenvalue weighted by molar-refractivity contribution is 7.99. The van der Waals surface area contributed by atoms with E-state index in [1.54, 1.807) is 0 Å². The van der Waals surface area contributed by atoms with E-state index in [9.17, 15) is 18.3 Å². The van der Waals surface area contributed by atoms with Gasteiger partial charge in [-0.15, -0.1) is 23.1 Å². The fourth-order valence-corrected chi connectivity index (χ4v) is 3.10. The summed E-state index contributed by atoms with van der Waals surface area (Å²) in [6.07, 6.45) is -4.31. The van der Waals surface area contributed by atoms with Gasteiger partial charge in [-0.25, -0.2) is 4.98 Å². The van der Waals surface area contributed by atoms with Crippen LogP contribution in [0.5, 0.6) is 0 Å². The Kier molecular flexibility index (Phi) is 4.49. The quantitative estimate of drug-likeness (QED) is 0.867. The number of aliphatic hydroxyl groups is 1. The predicted molar refractivity (Wildman–Crippen MR) is 69.2 cm³/mol. The Morgan fingerprint density at radius 1 is 1.26 bits per heavy atom. The number of benzene rings is 1. The van der Waals surface area contributed by atoms with Crippen LogP contribution in [0.15, 0.2) is 41.4 Å². The van der Waals surface area contributed by atoms with Crippen LogP contribution in [-0.2, 0) is 6.18 Å². The van der Waals surface area contributed by atoms with Gasteiger partial charge >= 0.3 is 6.18 Å². The van der Waals surface area contributed by atoms with Crippen LogP contribution in [0.1, 0.15) is 16.0 Å². The number of thioether (sulfide) groups is 1. The number of halogens is 3. The molecular formula is C12H10F3NOS2. The Hall–Kier alpha value is -1.05. The number of hydrogen-bond donors (Lipinski definition) is 1. The van der Waals surface area contributed by atoms with Crippen molar-refractivity contribution in [2.45, 2.75) is 17.2 Å². The minimum Gasteiger partial charge on any atom is -0.387 e. The fourth-order valence-electron chi connectivity index (χ4n) is 1.35. The maximum Gasteiger partial charge on any atom is 0.443 e. The molecule has 0 radical (unpaired) electrons. The van der Waals surface area contributed by atoms with E-state index in [4.69, 9.17) is 0 Å². The molecule has 2 rings (SSSR count). The highest BCUT2D eigenvalue weighted by Gasteiger charge is 2.35. The lowest BCUT2D eigenvalue weighted by atomic mass is 10.4. The van der Waals surface area contributed by atoms with Crippen molar-refractivity contribution in [1.82, 2.24) is 4.98 Å². The molecule has 0 aliphatic heterocycles. The summed E-state index contributed by atoms with van der Waals surface area (Å²) in [6, 6.07) is 9.36. The van der Waals surface area contributed by atoms with Crippen molar-refractivity contribution < 1.29 is 18.3 Å². The largest absolute Gasteiger partial charge is 0.443 e. The number of nitrogens with zero attached hydrogens (tertiary/aromatic N) is 1. The van der Waals surface area contributed by atoms with Gasteiger partial charge in [0.1, 0.15) is 0 Å². The molecule has 0 saturated carbocycles. The van der Waals surface area contributed by atoms with Crippen molar-refractivity contribution in [1.29, 1.82) is 0 Å². The van der Waals surface area contributed by atoms with E-state index in [0.29, 0.717) is 17.1 Å². The van der Waals surface area contributed by atoms with E-state index in [2.05, 4.69) is 4.98 Å². The van der Waals surface area contributed by atoms with Gasteiger partial charge in [0.25, 0.3) is 0 Å². The van der Waals surface area contributed by atoms with Crippen molar-refractivity contribution in [3.63, 3.8) is 0 Å². The lowest BCUT2D eigenvalue weighted by Crippen LogP contribution is -2.03. The van der Waals surface area contributed by atoms with Crippen LogP contribution in [0.4, 0.5) is 13.2 Å². The molecule has 2 aromatic rings. The van der Waals surface area contributed by atoms with Crippen LogP contribution in [0.2, 0.25) is 0 Å². The Balaban J connectivity index is 1.97. The molecule has 102 valence electrons. The van der Waals surface area contributed by atoms with Gasteiger partial charge in [0.15, 0.2) is 5.01 Å². The van der Waals surface area contributed by atoms with Gasteiger partial charge in [-0.05, 0) is 12.1 Å². The molecule has 1 heterocycles. The van der Waals surface area contributed by atoms with Crippen molar-refractivity contribution in [3.8, 4) is 0 Å². The van der Waals surface area contributed by atoms with Crippen molar-refractivity contribution in [3.05, 3.63) is 46.4 Å². The van der Waals surface area contributed by atoms with E-state index in [0.717, 1.165) is 11.1 Å². The van der Waals surface area contributed by atoms with Gasteiger partial charge in [0, 0.05) is 16.8 Å². The number of thiazole rings is 1. The number of aromatic nitrogens is 1. The summed E-state index contributed by atoms with van der Waals surface area (Å²) in [5.41, 5.74) is 0. The average molecular weight is 305 g/mol. The van der Waals surface area contributed by atoms with Crippen LogP contribution < -0.4 is 0 Å². The molecule has 1 aromatic carbocycles. The first-order chi connectivity index (χ1) is 8.97. The molecule has 0 fully saturated rings. The van der Waals surface area contributed by atoms with E-state index in [1.807, 2.05) is 30.3 Å². The number of hydrogen-bond acceptors (Lipinski definition) is 4. The molecule has 0 amide bonds. The highest BCUT2D eigenvalue weighted by atomic mass is 32.2. The molecule has 1 atom stereocenters. The van der Waals surface area contributed by atoms with Gasteiger partial charge in [0.05, 0.1) is 11.0 Å². The highest BCUT2D eigenvalue weighted by Crippen LogP contribution is 2.35. The summed E-state index contributed by atoms with van der Waals surface area (Å²) in [7, 11) is 0. The maximum atomic E-state index is 12.4. The van der Waals surface area contributed by atoms with Crippen LogP contribution in [0, 0.1) is 0 Å². The maximum absolute atomic E-state index is 12.4. The second-order valence-corrected chi connectivity index (χ2v) is 5.86. The van der Waals surface area contributed by atoms with Crippen molar-refractivity contribution >= 4 is 23.1 Å². The third-order valence-electron chi connectivity index (χ3n) is 2.25. The Labute approximate surface area is 116 Å². The molecule has 0 aliphatic carbocycles. The molecule has 19 heavy (non-hydrogen) atoms. The third kappa shape index (κ3) is 3.95. The van der Waals surface area contributed by atoms with Gasteiger partial charge in [-0.1, -0.05) is 18.2 Å². The molecule has 0 saturated heterocycles. The van der Waals surface area contributed by atoms with Crippen molar-refractivity contribution in [2.24, 2.45) is 0 Å². The summed E-state index contributed by atoms with van der Waals surface area (Å²) in [5.74, 6) is 0.295. The molecule has 2 nitrogen and oxygen atoms in total. The number of aliphatic hydroxyl groups excluding tert-OH is 1. The third-order valence-corrected chi connectivity index (χ3v) is 4.48. The van der Waals surface area contributed by atoms with Gasteiger partial charge in [-0.3, -0.25) is 0 Å². The van der Waals surface area contributed by atoms with E-state index < -0.39 is 17.3 Å². The summed E-state index contributed by atoms with van der Waals surface area (Å²) in [5, 5.41) is 8.92. The minimum atomic E-state index is -4.45. The molecule has 7 heteroatoms. The molecule has 0 bridgehead atoms. The molecule has 1 unspecified atom stereocenters. The van der Waals surface area contributed by atoms with Crippen LogP contribution in [0.3, 0.4) is 0 Å². The predicted octanol–water partition coefficient (Wildman–Crippen LogP) is 3.99. The lowest BCUT2D eigenvalue weighted by Gasteiger charge is -2.07. The van der Waals surface area contributed by atoms with Gasteiger partial charge in [0.2, 0.25) is 0 Å². The standard InChI is InChI=1S/C12H10F3NOS2/c13-12(14,15)11-16-6-10(19-11)9(17)7-18-8-4-2-1-3-5-8/h1-6,9,17H,7H2. The van der Waals surface area contributed by atoms with Crippen molar-refractivity contribution in [2.75, 3.05) is 5.75 Å². The number of alkyl halides is 3. The Bertz CT molecular complexity index is 527. The lowest BCUT2D eigenvalue weighted by molar-refractivity contribution is -0.137. The summed E-state index contributed by atoms with van der Waals surface area (Å²) >= 11 is 1.87. The first-order valence-electron chi connectivity index (χ1n) is 5.35. The number of rotatable bonds is 4. The van der Waals surface area contributed by atoms with Crippen LogP contribution in [0.25, 0.3) is 0 Å². The minimum absolute atomic E-state index is 0.232. The summed E-state index contributed by atoms with van der Waals surface area (Å²) in [4.78, 5) is 4.48. The second-order valence-electron chi connectivity index (χ2n) is 3.71. The molecule has 0 spiro atoms. The smallest absolute Gasteiger partial charge is 0.387 e. The van der Waals surface area contributed by atoms with Crippen LogP contribution in [-0.4, -0.2) is 15.8 Å². The normalized spacial score (nSPS) is 13.5. The monoisotopic (exact) mass is 305 g/mol. The second kappa shape index (κ2) is 5.94. The SMILES string of the molecule is OC(CSc1ccccc1)c1cnc(C(F)(F)F)s1. The Morgan fingerprint density at radius 3 is 2.53 bits per heavy atom. The first-order valence-corrected chi connectivity index (χ1v) is 7.16. The Morgan fingerprint density at radius 2 is 1.95 bits per heavy atom. The summed E-state index contributed by atoms with van der Waals surface area (Å²) in [6.45, 7) is 0. The van der Waals surface area contributed by atoms with E-state index >= 15 is 0 Å². The first kappa shape index (κ1) is 14.4. The molecular weight excluding hydrogens is 295 g/mol. The fraction of sp³-hybridized carbons (Fsp3) is 0.250. The van der Waals surface area contributed by atoms with Gasteiger partial charge < -0.3 is 5.11 Å². The molecule has 1 N–H and O–H groups in total. The summed E-state index contributed by atoms with van der Waals surface area (Å²) < 4.78 is 37.1. The zero-order chi connectivity index (χ0) is 13.9. The molecule has 1 aromatic heterocycles. The van der Waals surface area contributed by atoms with Crippen LogP contribution >= 0.6 is 23.1 Å². The van der Waals surface area contributed by atoms with E-state index in [-0.39, 0.29) is 4.88 Å². The molecule has 0 aliphatic rings.